The fourth-order valence-electron chi connectivity index (χ4n) is 1.71. The van der Waals surface area contributed by atoms with Crippen LogP contribution >= 0.6 is 11.8 Å². The lowest BCUT2D eigenvalue weighted by Gasteiger charge is -2.24. The molecule has 1 aromatic rings. The SMILES string of the molecule is CO[Si](CCCSCc1ccccc1)(OC)OC. The number of rotatable bonds is 9. The highest BCUT2D eigenvalue weighted by molar-refractivity contribution is 7.98. The van der Waals surface area contributed by atoms with E-state index in [2.05, 4.69) is 24.3 Å². The Kier molecular flexibility index (Phi) is 7.61. The van der Waals surface area contributed by atoms with Crippen molar-refractivity contribution in [1.29, 1.82) is 0 Å². The molecule has 0 saturated heterocycles. The molecule has 0 amide bonds. The van der Waals surface area contributed by atoms with Gasteiger partial charge in [-0.2, -0.15) is 11.8 Å². The summed E-state index contributed by atoms with van der Waals surface area (Å²) >= 11 is 1.93. The molecular formula is C13H22O3SSi. The van der Waals surface area contributed by atoms with Crippen LogP contribution in [0.2, 0.25) is 6.04 Å². The van der Waals surface area contributed by atoms with Gasteiger partial charge in [0.25, 0.3) is 0 Å². The summed E-state index contributed by atoms with van der Waals surface area (Å²) in [5.74, 6) is 2.15. The average molecular weight is 286 g/mol. The Balaban J connectivity index is 2.18. The Labute approximate surface area is 115 Å². The van der Waals surface area contributed by atoms with E-state index in [-0.39, 0.29) is 0 Å². The largest absolute Gasteiger partial charge is 0.500 e. The lowest BCUT2D eigenvalue weighted by molar-refractivity contribution is 0.123. The van der Waals surface area contributed by atoms with Crippen molar-refractivity contribution in [3.63, 3.8) is 0 Å². The molecule has 18 heavy (non-hydrogen) atoms. The number of hydrogen-bond acceptors (Lipinski definition) is 4. The third kappa shape index (κ3) is 5.12. The van der Waals surface area contributed by atoms with Gasteiger partial charge < -0.3 is 13.3 Å². The first kappa shape index (κ1) is 15.7. The van der Waals surface area contributed by atoms with Gasteiger partial charge in [-0.1, -0.05) is 30.3 Å². The predicted molar refractivity (Wildman–Crippen MR) is 78.8 cm³/mol. The molecule has 0 radical (unpaired) electrons. The second-order valence-corrected chi connectivity index (χ2v) is 8.13. The molecule has 3 nitrogen and oxygen atoms in total. The number of benzene rings is 1. The molecule has 0 bridgehead atoms. The van der Waals surface area contributed by atoms with Gasteiger partial charge in [-0.3, -0.25) is 0 Å². The van der Waals surface area contributed by atoms with Crippen LogP contribution in [0.4, 0.5) is 0 Å². The topological polar surface area (TPSA) is 27.7 Å². The van der Waals surface area contributed by atoms with Crippen LogP contribution in [0, 0.1) is 0 Å². The van der Waals surface area contributed by atoms with Crippen LogP contribution in [0.1, 0.15) is 12.0 Å². The predicted octanol–water partition coefficient (Wildman–Crippen LogP) is 3.19. The average Bonchev–Trinajstić information content (AvgIpc) is 2.45. The summed E-state index contributed by atoms with van der Waals surface area (Å²) in [6.45, 7) is 0. The summed E-state index contributed by atoms with van der Waals surface area (Å²) in [5.41, 5.74) is 1.37. The summed E-state index contributed by atoms with van der Waals surface area (Å²) in [6.07, 6.45) is 1.05. The van der Waals surface area contributed by atoms with Gasteiger partial charge >= 0.3 is 8.80 Å². The highest BCUT2D eigenvalue weighted by atomic mass is 32.2. The minimum atomic E-state index is -2.36. The van der Waals surface area contributed by atoms with Crippen molar-refractivity contribution in [3.8, 4) is 0 Å². The van der Waals surface area contributed by atoms with Gasteiger partial charge in [0.05, 0.1) is 0 Å². The van der Waals surface area contributed by atoms with Crippen molar-refractivity contribution >= 4 is 20.6 Å². The number of thioether (sulfide) groups is 1. The van der Waals surface area contributed by atoms with Crippen LogP contribution in [0.25, 0.3) is 0 Å². The van der Waals surface area contributed by atoms with E-state index in [1.54, 1.807) is 21.3 Å². The smallest absolute Gasteiger partial charge is 0.377 e. The first-order chi connectivity index (χ1) is 8.76. The molecule has 0 saturated carbocycles. The van der Waals surface area contributed by atoms with Gasteiger partial charge in [0, 0.05) is 33.1 Å². The zero-order valence-electron chi connectivity index (χ0n) is 11.3. The normalized spacial score (nSPS) is 11.7. The number of hydrogen-bond donors (Lipinski definition) is 0. The van der Waals surface area contributed by atoms with Crippen molar-refractivity contribution < 1.29 is 13.3 Å². The Morgan fingerprint density at radius 2 is 1.61 bits per heavy atom. The van der Waals surface area contributed by atoms with Gasteiger partial charge in [-0.15, -0.1) is 0 Å². The van der Waals surface area contributed by atoms with Gasteiger partial charge in [-0.25, -0.2) is 0 Å². The zero-order chi connectivity index (χ0) is 13.3. The van der Waals surface area contributed by atoms with Crippen LogP contribution in [0.3, 0.4) is 0 Å². The second-order valence-electron chi connectivity index (χ2n) is 3.94. The van der Waals surface area contributed by atoms with Gasteiger partial charge in [0.2, 0.25) is 0 Å². The third-order valence-corrected chi connectivity index (χ3v) is 6.76. The molecule has 1 rings (SSSR count). The van der Waals surface area contributed by atoms with Gasteiger partial charge in [0.15, 0.2) is 0 Å². The van der Waals surface area contributed by atoms with Crippen molar-refractivity contribution in [2.24, 2.45) is 0 Å². The summed E-state index contributed by atoms with van der Waals surface area (Å²) in [5, 5.41) is 0. The molecule has 0 N–H and O–H groups in total. The van der Waals surface area contributed by atoms with Crippen molar-refractivity contribution in [3.05, 3.63) is 35.9 Å². The quantitative estimate of drug-likeness (QED) is 0.515. The van der Waals surface area contributed by atoms with Crippen molar-refractivity contribution in [1.82, 2.24) is 0 Å². The Bertz CT molecular complexity index is 309. The minimum Gasteiger partial charge on any atom is -0.377 e. The molecule has 0 aliphatic carbocycles. The van der Waals surface area contributed by atoms with E-state index in [1.165, 1.54) is 5.56 Å². The van der Waals surface area contributed by atoms with E-state index < -0.39 is 8.80 Å². The van der Waals surface area contributed by atoms with E-state index in [9.17, 15) is 0 Å². The zero-order valence-corrected chi connectivity index (χ0v) is 13.2. The molecule has 1 aromatic carbocycles. The molecule has 102 valence electrons. The van der Waals surface area contributed by atoms with Crippen LogP contribution in [0.15, 0.2) is 30.3 Å². The second kappa shape index (κ2) is 8.71. The lowest BCUT2D eigenvalue weighted by atomic mass is 10.2. The highest BCUT2D eigenvalue weighted by Gasteiger charge is 2.36. The van der Waals surface area contributed by atoms with Crippen LogP contribution in [-0.4, -0.2) is 35.9 Å². The molecule has 0 atom stereocenters. The molecule has 0 aliphatic heterocycles. The summed E-state index contributed by atoms with van der Waals surface area (Å²) in [7, 11) is 2.63. The van der Waals surface area contributed by atoms with Crippen LogP contribution in [0.5, 0.6) is 0 Å². The summed E-state index contributed by atoms with van der Waals surface area (Å²) in [4.78, 5) is 0. The van der Waals surface area contributed by atoms with Crippen LogP contribution in [-0.2, 0) is 19.0 Å². The maximum absolute atomic E-state index is 5.39. The highest BCUT2D eigenvalue weighted by Crippen LogP contribution is 2.19. The van der Waals surface area contributed by atoms with Crippen LogP contribution < -0.4 is 0 Å². The fourth-order valence-corrected chi connectivity index (χ4v) is 4.61. The molecule has 0 aromatic heterocycles. The first-order valence-electron chi connectivity index (χ1n) is 6.03. The standard InChI is InChI=1S/C13H22O3SSi/c1-14-18(15-2,16-3)11-7-10-17-12-13-8-5-4-6-9-13/h4-6,8-9H,7,10-12H2,1-3H3. The van der Waals surface area contributed by atoms with E-state index in [1.807, 2.05) is 17.8 Å². The van der Waals surface area contributed by atoms with Crippen molar-refractivity contribution in [2.45, 2.75) is 18.2 Å². The Morgan fingerprint density at radius 1 is 1.00 bits per heavy atom. The first-order valence-corrected chi connectivity index (χ1v) is 9.12. The molecule has 5 heteroatoms. The molecule has 0 heterocycles. The van der Waals surface area contributed by atoms with E-state index >= 15 is 0 Å². The van der Waals surface area contributed by atoms with Gasteiger partial charge in [-0.05, 0) is 17.7 Å². The van der Waals surface area contributed by atoms with E-state index in [4.69, 9.17) is 13.3 Å². The maximum atomic E-state index is 5.39. The molecule has 0 aliphatic rings. The Morgan fingerprint density at radius 3 is 2.17 bits per heavy atom. The van der Waals surface area contributed by atoms with Gasteiger partial charge in [0.1, 0.15) is 0 Å². The summed E-state index contributed by atoms with van der Waals surface area (Å²) in [6, 6.07) is 11.4. The third-order valence-electron chi connectivity index (χ3n) is 2.82. The fraction of sp³-hybridized carbons (Fsp3) is 0.538. The van der Waals surface area contributed by atoms with E-state index in [0.29, 0.717) is 0 Å². The van der Waals surface area contributed by atoms with Crippen molar-refractivity contribution in [2.75, 3.05) is 27.1 Å². The summed E-state index contributed by atoms with van der Waals surface area (Å²) < 4.78 is 16.2. The van der Waals surface area contributed by atoms with E-state index in [0.717, 1.165) is 24.0 Å². The molecule has 0 fully saturated rings. The molecular weight excluding hydrogens is 264 g/mol. The lowest BCUT2D eigenvalue weighted by Crippen LogP contribution is -2.42. The molecule has 0 unspecified atom stereocenters. The Hall–Kier alpha value is -0.333. The molecule has 0 spiro atoms. The maximum Gasteiger partial charge on any atom is 0.500 e. The monoisotopic (exact) mass is 286 g/mol. The minimum absolute atomic E-state index is 0.873.